The molecular weight excluding hydrogens is 538 g/mol. The van der Waals surface area contributed by atoms with Gasteiger partial charge in [0.1, 0.15) is 17.5 Å². The van der Waals surface area contributed by atoms with Gasteiger partial charge in [-0.25, -0.2) is 0 Å². The molecule has 0 N–H and O–H groups in total. The number of hydrogen-bond donors (Lipinski definition) is 0. The lowest BCUT2D eigenvalue weighted by molar-refractivity contribution is -0.152. The Morgan fingerprint density at radius 2 is 1.57 bits per heavy atom. The Hall–Kier alpha value is -3.92. The average molecular weight is 578 g/mol. The quantitative estimate of drug-likeness (QED) is 0.485. The minimum atomic E-state index is -1.00. The number of carbonyl (C=O) groups excluding carboxylic acids is 4. The van der Waals surface area contributed by atoms with Gasteiger partial charge in [-0.15, -0.1) is 0 Å². The molecule has 2 aromatic rings. The minimum Gasteiger partial charge on any atom is -0.497 e. The number of methoxy groups -OCH3 is 1. The Bertz CT molecular complexity index is 1330. The monoisotopic (exact) mass is 577 g/mol. The van der Waals surface area contributed by atoms with Crippen molar-refractivity contribution in [2.75, 3.05) is 46.5 Å². The molecule has 0 aromatic heterocycles. The van der Waals surface area contributed by atoms with E-state index in [1.165, 1.54) is 0 Å². The zero-order valence-electron chi connectivity index (χ0n) is 24.5. The van der Waals surface area contributed by atoms with Crippen molar-refractivity contribution in [2.24, 2.45) is 5.92 Å². The van der Waals surface area contributed by atoms with Crippen LogP contribution in [0.15, 0.2) is 48.5 Å². The second-order valence-corrected chi connectivity index (χ2v) is 11.2. The van der Waals surface area contributed by atoms with Crippen LogP contribution < -0.4 is 4.74 Å². The van der Waals surface area contributed by atoms with Gasteiger partial charge < -0.3 is 24.0 Å². The van der Waals surface area contributed by atoms with Crippen LogP contribution in [-0.2, 0) is 19.1 Å². The van der Waals surface area contributed by atoms with Gasteiger partial charge in [-0.05, 0) is 57.0 Å². The van der Waals surface area contributed by atoms with Crippen LogP contribution in [0.4, 0.5) is 0 Å². The Morgan fingerprint density at radius 1 is 0.905 bits per heavy atom. The van der Waals surface area contributed by atoms with Crippen molar-refractivity contribution >= 4 is 23.7 Å². The van der Waals surface area contributed by atoms with E-state index in [-0.39, 0.29) is 36.2 Å². The summed E-state index contributed by atoms with van der Waals surface area (Å²) in [4.78, 5) is 58.7. The summed E-state index contributed by atoms with van der Waals surface area (Å²) in [6.07, 6.45) is 1.82. The van der Waals surface area contributed by atoms with Gasteiger partial charge in [0.15, 0.2) is 0 Å². The largest absolute Gasteiger partial charge is 0.497 e. The second kappa shape index (κ2) is 12.5. The zero-order chi connectivity index (χ0) is 29.9. The lowest BCUT2D eigenvalue weighted by Gasteiger charge is -2.45. The number of rotatable bonds is 6. The van der Waals surface area contributed by atoms with E-state index in [0.29, 0.717) is 75.3 Å². The van der Waals surface area contributed by atoms with Crippen molar-refractivity contribution in [3.63, 3.8) is 0 Å². The molecule has 2 aromatic carbocycles. The number of aryl methyl sites for hydroxylation is 1. The summed E-state index contributed by atoms with van der Waals surface area (Å²) in [6.45, 7) is 5.70. The molecule has 42 heavy (non-hydrogen) atoms. The molecular formula is C32H39N3O7. The summed E-state index contributed by atoms with van der Waals surface area (Å²) in [7, 11) is 1.56. The van der Waals surface area contributed by atoms with Crippen LogP contribution in [0.25, 0.3) is 0 Å². The molecule has 3 aliphatic rings. The van der Waals surface area contributed by atoms with Crippen LogP contribution in [-0.4, -0.2) is 96.7 Å². The van der Waals surface area contributed by atoms with Crippen LogP contribution in [0.2, 0.25) is 0 Å². The third kappa shape index (κ3) is 5.86. The van der Waals surface area contributed by atoms with Gasteiger partial charge in [0.2, 0.25) is 5.91 Å². The van der Waals surface area contributed by atoms with Crippen LogP contribution in [0.1, 0.15) is 58.9 Å². The van der Waals surface area contributed by atoms with E-state index in [0.717, 1.165) is 5.56 Å². The molecule has 0 aliphatic carbocycles. The fourth-order valence-corrected chi connectivity index (χ4v) is 6.28. The maximum Gasteiger partial charge on any atom is 0.309 e. The second-order valence-electron chi connectivity index (χ2n) is 11.2. The fraction of sp³-hybridized carbons (Fsp3) is 0.500. The number of nitrogens with zero attached hydrogens (tertiary/aromatic N) is 3. The van der Waals surface area contributed by atoms with Gasteiger partial charge >= 0.3 is 5.97 Å². The lowest BCUT2D eigenvalue weighted by atomic mass is 9.94. The summed E-state index contributed by atoms with van der Waals surface area (Å²) in [5.41, 5.74) is 0.964. The number of piperidine rings is 2. The van der Waals surface area contributed by atoms with Crippen molar-refractivity contribution < 1.29 is 33.4 Å². The van der Waals surface area contributed by atoms with Crippen molar-refractivity contribution in [3.8, 4) is 5.75 Å². The first kappa shape index (κ1) is 29.6. The van der Waals surface area contributed by atoms with Crippen molar-refractivity contribution in [1.82, 2.24) is 14.7 Å². The van der Waals surface area contributed by atoms with E-state index >= 15 is 0 Å². The molecule has 3 fully saturated rings. The Morgan fingerprint density at radius 3 is 2.21 bits per heavy atom. The molecule has 0 bridgehead atoms. The molecule has 3 aliphatic heterocycles. The number of ether oxygens (including phenoxy) is 3. The van der Waals surface area contributed by atoms with Crippen LogP contribution in [0.3, 0.4) is 0 Å². The number of benzene rings is 2. The lowest BCUT2D eigenvalue weighted by Crippen LogP contribution is -2.60. The van der Waals surface area contributed by atoms with Crippen molar-refractivity contribution in [1.29, 1.82) is 0 Å². The third-order valence-electron chi connectivity index (χ3n) is 8.60. The van der Waals surface area contributed by atoms with E-state index < -0.39 is 11.8 Å². The maximum atomic E-state index is 14.1. The number of carbonyl (C=O) groups is 4. The van der Waals surface area contributed by atoms with Crippen LogP contribution >= 0.6 is 0 Å². The number of hydrogen-bond acceptors (Lipinski definition) is 7. The topological polar surface area (TPSA) is 106 Å². The first-order chi connectivity index (χ1) is 20.3. The minimum absolute atomic E-state index is 0.0814. The predicted molar refractivity (Wildman–Crippen MR) is 154 cm³/mol. The average Bonchev–Trinajstić information content (AvgIpc) is 3.38. The van der Waals surface area contributed by atoms with Gasteiger partial charge in [-0.3, -0.25) is 24.1 Å². The zero-order valence-corrected chi connectivity index (χ0v) is 24.5. The summed E-state index contributed by atoms with van der Waals surface area (Å²) in [5, 5.41) is 0. The number of likely N-dealkylation sites (tertiary alicyclic amines) is 2. The summed E-state index contributed by atoms with van der Waals surface area (Å²) >= 11 is 0. The predicted octanol–water partition coefficient (Wildman–Crippen LogP) is 3.28. The molecule has 0 saturated carbocycles. The van der Waals surface area contributed by atoms with E-state index in [1.54, 1.807) is 59.1 Å². The Kier molecular flexibility index (Phi) is 8.82. The van der Waals surface area contributed by atoms with Crippen molar-refractivity contribution in [3.05, 3.63) is 65.2 Å². The van der Waals surface area contributed by atoms with E-state index in [1.807, 2.05) is 25.1 Å². The molecule has 10 nitrogen and oxygen atoms in total. The highest BCUT2D eigenvalue weighted by Crippen LogP contribution is 2.40. The molecule has 3 amide bonds. The van der Waals surface area contributed by atoms with E-state index in [4.69, 9.17) is 14.2 Å². The molecule has 5 rings (SSSR count). The molecule has 1 atom stereocenters. The first-order valence-electron chi connectivity index (χ1n) is 14.7. The Labute approximate surface area is 246 Å². The number of amides is 3. The third-order valence-corrected chi connectivity index (χ3v) is 8.60. The van der Waals surface area contributed by atoms with Gasteiger partial charge in [0, 0.05) is 50.1 Å². The van der Waals surface area contributed by atoms with Gasteiger partial charge in [0.05, 0.1) is 26.2 Å². The van der Waals surface area contributed by atoms with E-state index in [9.17, 15) is 19.2 Å². The summed E-state index contributed by atoms with van der Waals surface area (Å²) < 4.78 is 16.8. The normalized spacial score (nSPS) is 20.5. The molecule has 10 heteroatoms. The molecule has 3 saturated heterocycles. The molecule has 3 heterocycles. The SMILES string of the molecule is CCOC(=O)C1CCN(C(=O)[C@H]2COC3(CCN(C(=O)c4cccc(OC)c4)CC3)N2C(=O)c2cccc(C)c2)CC1. The number of esters is 1. The highest BCUT2D eigenvalue weighted by Gasteiger charge is 2.55. The fourth-order valence-electron chi connectivity index (χ4n) is 6.28. The van der Waals surface area contributed by atoms with Gasteiger partial charge in [-0.2, -0.15) is 0 Å². The maximum absolute atomic E-state index is 14.1. The van der Waals surface area contributed by atoms with Crippen LogP contribution in [0, 0.1) is 12.8 Å². The van der Waals surface area contributed by atoms with Crippen LogP contribution in [0.5, 0.6) is 5.75 Å². The van der Waals surface area contributed by atoms with Gasteiger partial charge in [-0.1, -0.05) is 23.8 Å². The molecule has 0 radical (unpaired) electrons. The first-order valence-corrected chi connectivity index (χ1v) is 14.7. The van der Waals surface area contributed by atoms with Gasteiger partial charge in [0.25, 0.3) is 11.8 Å². The Balaban J connectivity index is 1.35. The van der Waals surface area contributed by atoms with E-state index in [2.05, 4.69) is 0 Å². The summed E-state index contributed by atoms with van der Waals surface area (Å²) in [5.74, 6) is -0.393. The standard InChI is InChI=1S/C32H39N3O7/c1-4-41-31(39)23-11-15-33(16-12-23)30(38)27-21-42-32(35(27)29(37)24-8-5-7-22(2)19-24)13-17-34(18-14-32)28(36)25-9-6-10-26(20-25)40-3/h5-10,19-20,23,27H,4,11-18,21H2,1-3H3/t27-/m1/s1. The molecule has 1 spiro atoms. The smallest absolute Gasteiger partial charge is 0.309 e. The molecule has 0 unspecified atom stereocenters. The van der Waals surface area contributed by atoms with Crippen molar-refractivity contribution in [2.45, 2.75) is 51.3 Å². The highest BCUT2D eigenvalue weighted by molar-refractivity contribution is 5.99. The highest BCUT2D eigenvalue weighted by atomic mass is 16.5. The summed E-state index contributed by atoms with van der Waals surface area (Å²) in [6, 6.07) is 13.6. The molecule has 224 valence electrons.